The van der Waals surface area contributed by atoms with Crippen molar-refractivity contribution in [3.63, 3.8) is 0 Å². The van der Waals surface area contributed by atoms with Gasteiger partial charge in [-0.15, -0.1) is 0 Å². The van der Waals surface area contributed by atoms with Crippen LogP contribution in [-0.2, 0) is 0 Å². The summed E-state index contributed by atoms with van der Waals surface area (Å²) >= 11 is 0. The zero-order chi connectivity index (χ0) is 13.9. The molecule has 1 saturated heterocycles. The van der Waals surface area contributed by atoms with Crippen molar-refractivity contribution in [2.45, 2.75) is 44.6 Å². The van der Waals surface area contributed by atoms with Gasteiger partial charge in [0, 0.05) is 25.3 Å². The first-order valence-corrected chi connectivity index (χ1v) is 7.89. The highest BCUT2D eigenvalue weighted by atomic mass is 16.2. The van der Waals surface area contributed by atoms with Gasteiger partial charge in [0.1, 0.15) is 0 Å². The van der Waals surface area contributed by atoms with Crippen molar-refractivity contribution >= 4 is 11.6 Å². The Morgan fingerprint density at radius 1 is 1.15 bits per heavy atom. The Morgan fingerprint density at radius 2 is 1.90 bits per heavy atom. The fourth-order valence-electron chi connectivity index (χ4n) is 3.92. The summed E-state index contributed by atoms with van der Waals surface area (Å²) in [5.74, 6) is 0.953. The van der Waals surface area contributed by atoms with E-state index >= 15 is 0 Å². The summed E-state index contributed by atoms with van der Waals surface area (Å²) in [6.45, 7) is 0.929. The van der Waals surface area contributed by atoms with Gasteiger partial charge in [0.2, 0.25) is 0 Å². The Kier molecular flexibility index (Phi) is 3.95. The lowest BCUT2D eigenvalue weighted by Crippen LogP contribution is -2.49. The van der Waals surface area contributed by atoms with Crippen LogP contribution in [0.3, 0.4) is 0 Å². The third-order valence-corrected chi connectivity index (χ3v) is 4.93. The molecular weight excluding hydrogens is 248 g/mol. The highest BCUT2D eigenvalue weighted by molar-refractivity contribution is 5.99. The number of rotatable bonds is 2. The Balaban J connectivity index is 1.85. The second-order valence-corrected chi connectivity index (χ2v) is 6.05. The molecular formula is C17H24N2O. The normalized spacial score (nSPS) is 25.9. The van der Waals surface area contributed by atoms with E-state index in [-0.39, 0.29) is 5.91 Å². The number of amides is 1. The number of benzene rings is 1. The summed E-state index contributed by atoms with van der Waals surface area (Å²) in [6, 6.07) is 8.34. The number of anilines is 1. The SMILES string of the molecule is CNc1ccccc1C(=O)N1CCC[C@H]2CCCC[C@H]21. The highest BCUT2D eigenvalue weighted by Crippen LogP contribution is 2.36. The first-order chi connectivity index (χ1) is 9.81. The van der Waals surface area contributed by atoms with Crippen molar-refractivity contribution in [2.75, 3.05) is 18.9 Å². The largest absolute Gasteiger partial charge is 0.387 e. The van der Waals surface area contributed by atoms with Crippen molar-refractivity contribution < 1.29 is 4.79 Å². The lowest BCUT2D eigenvalue weighted by molar-refractivity contribution is 0.0391. The number of hydrogen-bond acceptors (Lipinski definition) is 2. The summed E-state index contributed by atoms with van der Waals surface area (Å²) < 4.78 is 0. The maximum absolute atomic E-state index is 12.9. The first-order valence-electron chi connectivity index (χ1n) is 7.89. The van der Waals surface area contributed by atoms with E-state index in [2.05, 4.69) is 10.2 Å². The molecule has 0 radical (unpaired) electrons. The van der Waals surface area contributed by atoms with Crippen molar-refractivity contribution in [3.8, 4) is 0 Å². The summed E-state index contributed by atoms with van der Waals surface area (Å²) in [4.78, 5) is 15.1. The van der Waals surface area contributed by atoms with Gasteiger partial charge in [0.05, 0.1) is 5.56 Å². The van der Waals surface area contributed by atoms with Crippen molar-refractivity contribution in [1.82, 2.24) is 4.90 Å². The summed E-state index contributed by atoms with van der Waals surface area (Å²) in [6.07, 6.45) is 7.59. The van der Waals surface area contributed by atoms with Crippen LogP contribution in [0.1, 0.15) is 48.9 Å². The molecule has 2 fully saturated rings. The number of piperidine rings is 1. The Bertz CT molecular complexity index is 484. The molecule has 1 saturated carbocycles. The van der Waals surface area contributed by atoms with E-state index in [4.69, 9.17) is 0 Å². The number of nitrogens with zero attached hydrogens (tertiary/aromatic N) is 1. The Hall–Kier alpha value is -1.51. The highest BCUT2D eigenvalue weighted by Gasteiger charge is 2.36. The fourth-order valence-corrected chi connectivity index (χ4v) is 3.92. The molecule has 1 aromatic carbocycles. The number of carbonyl (C=O) groups is 1. The molecule has 1 amide bonds. The quantitative estimate of drug-likeness (QED) is 0.893. The molecule has 2 atom stereocenters. The minimum atomic E-state index is 0.214. The van der Waals surface area contributed by atoms with E-state index in [1.807, 2.05) is 31.3 Å². The number of fused-ring (bicyclic) bond motifs is 1. The summed E-state index contributed by atoms with van der Waals surface area (Å²) in [5, 5.41) is 3.14. The van der Waals surface area contributed by atoms with Crippen LogP contribution in [0.2, 0.25) is 0 Å². The lowest BCUT2D eigenvalue weighted by Gasteiger charge is -2.44. The topological polar surface area (TPSA) is 32.3 Å². The monoisotopic (exact) mass is 272 g/mol. The molecule has 3 heteroatoms. The van der Waals surface area contributed by atoms with Crippen molar-refractivity contribution in [1.29, 1.82) is 0 Å². The van der Waals surface area contributed by atoms with Gasteiger partial charge in [-0.3, -0.25) is 4.79 Å². The zero-order valence-electron chi connectivity index (χ0n) is 12.3. The van der Waals surface area contributed by atoms with Gasteiger partial charge in [0.25, 0.3) is 5.91 Å². The standard InChI is InChI=1S/C17H24N2O/c1-18-15-10-4-3-9-14(15)17(20)19-12-6-8-13-7-2-5-11-16(13)19/h3-4,9-10,13,16,18H,2,5-8,11-12H2,1H3/t13-,16-/m1/s1. The molecule has 0 bridgehead atoms. The molecule has 1 N–H and O–H groups in total. The molecule has 108 valence electrons. The smallest absolute Gasteiger partial charge is 0.256 e. The van der Waals surface area contributed by atoms with Crippen LogP contribution in [0.25, 0.3) is 0 Å². The Morgan fingerprint density at radius 3 is 2.75 bits per heavy atom. The predicted octanol–water partition coefficient (Wildman–Crippen LogP) is 3.52. The number of para-hydroxylation sites is 1. The fraction of sp³-hybridized carbons (Fsp3) is 0.588. The number of hydrogen-bond donors (Lipinski definition) is 1. The predicted molar refractivity (Wildman–Crippen MR) is 82.0 cm³/mol. The molecule has 1 heterocycles. The molecule has 1 aliphatic carbocycles. The van der Waals surface area contributed by atoms with Gasteiger partial charge in [-0.1, -0.05) is 25.0 Å². The average molecular weight is 272 g/mol. The molecule has 2 aliphatic rings. The second kappa shape index (κ2) is 5.86. The van der Waals surface area contributed by atoms with E-state index in [1.54, 1.807) is 0 Å². The molecule has 0 aromatic heterocycles. The minimum Gasteiger partial charge on any atom is -0.387 e. The molecule has 0 unspecified atom stereocenters. The molecule has 0 spiro atoms. The molecule has 1 aliphatic heterocycles. The molecule has 3 rings (SSSR count). The van der Waals surface area contributed by atoms with Crippen LogP contribution >= 0.6 is 0 Å². The van der Waals surface area contributed by atoms with Crippen LogP contribution in [-0.4, -0.2) is 30.4 Å². The van der Waals surface area contributed by atoms with E-state index < -0.39 is 0 Å². The van der Waals surface area contributed by atoms with Gasteiger partial charge in [0.15, 0.2) is 0 Å². The van der Waals surface area contributed by atoms with E-state index in [9.17, 15) is 4.79 Å². The van der Waals surface area contributed by atoms with E-state index in [0.29, 0.717) is 6.04 Å². The van der Waals surface area contributed by atoms with E-state index in [0.717, 1.165) is 30.1 Å². The van der Waals surface area contributed by atoms with Gasteiger partial charge < -0.3 is 10.2 Å². The minimum absolute atomic E-state index is 0.214. The zero-order valence-corrected chi connectivity index (χ0v) is 12.3. The first kappa shape index (κ1) is 13.5. The maximum Gasteiger partial charge on any atom is 0.256 e. The van der Waals surface area contributed by atoms with Gasteiger partial charge >= 0.3 is 0 Å². The van der Waals surface area contributed by atoms with Crippen LogP contribution in [0, 0.1) is 5.92 Å². The second-order valence-electron chi connectivity index (χ2n) is 6.05. The van der Waals surface area contributed by atoms with Gasteiger partial charge in [-0.25, -0.2) is 0 Å². The molecule has 20 heavy (non-hydrogen) atoms. The third kappa shape index (κ3) is 2.41. The van der Waals surface area contributed by atoms with Crippen LogP contribution in [0.5, 0.6) is 0 Å². The molecule has 3 nitrogen and oxygen atoms in total. The maximum atomic E-state index is 12.9. The lowest BCUT2D eigenvalue weighted by atomic mass is 9.78. The van der Waals surface area contributed by atoms with Crippen molar-refractivity contribution in [2.24, 2.45) is 5.92 Å². The third-order valence-electron chi connectivity index (χ3n) is 4.93. The molecule has 1 aromatic rings. The van der Waals surface area contributed by atoms with Crippen LogP contribution in [0.15, 0.2) is 24.3 Å². The van der Waals surface area contributed by atoms with Gasteiger partial charge in [-0.05, 0) is 43.7 Å². The van der Waals surface area contributed by atoms with Crippen LogP contribution < -0.4 is 5.32 Å². The number of likely N-dealkylation sites (tertiary alicyclic amines) is 1. The average Bonchev–Trinajstić information content (AvgIpc) is 2.53. The summed E-state index contributed by atoms with van der Waals surface area (Å²) in [5.41, 5.74) is 1.76. The van der Waals surface area contributed by atoms with Crippen LogP contribution in [0.4, 0.5) is 5.69 Å². The number of carbonyl (C=O) groups excluding carboxylic acids is 1. The van der Waals surface area contributed by atoms with Crippen molar-refractivity contribution in [3.05, 3.63) is 29.8 Å². The van der Waals surface area contributed by atoms with E-state index in [1.165, 1.54) is 32.1 Å². The summed E-state index contributed by atoms with van der Waals surface area (Å²) in [7, 11) is 1.88. The number of nitrogens with one attached hydrogen (secondary N) is 1. The van der Waals surface area contributed by atoms with Gasteiger partial charge in [-0.2, -0.15) is 0 Å². The Labute approximate surface area is 121 Å².